The first-order valence-electron chi connectivity index (χ1n) is 7.00. The summed E-state index contributed by atoms with van der Waals surface area (Å²) >= 11 is 0. The molecule has 0 amide bonds. The zero-order valence-corrected chi connectivity index (χ0v) is 11.4. The number of aliphatic hydroxyl groups is 1. The number of hydrogen-bond acceptors (Lipinski definition) is 4. The molecule has 1 aliphatic rings. The lowest BCUT2D eigenvalue weighted by Gasteiger charge is -2.28. The van der Waals surface area contributed by atoms with E-state index in [4.69, 9.17) is 4.52 Å². The lowest BCUT2D eigenvalue weighted by atomic mass is 9.81. The molecule has 0 aliphatic heterocycles. The molecule has 1 aliphatic carbocycles. The van der Waals surface area contributed by atoms with E-state index < -0.39 is 18.2 Å². The van der Waals surface area contributed by atoms with Gasteiger partial charge in [-0.05, 0) is 25.7 Å². The topological polar surface area (TPSA) is 59.2 Å². The minimum absolute atomic E-state index is 0.00495. The van der Waals surface area contributed by atoms with E-state index >= 15 is 0 Å². The van der Waals surface area contributed by atoms with Gasteiger partial charge < -0.3 is 9.63 Å². The summed E-state index contributed by atoms with van der Waals surface area (Å²) in [7, 11) is 0. The number of alkyl halides is 3. The van der Waals surface area contributed by atoms with Crippen LogP contribution in [-0.4, -0.2) is 21.4 Å². The van der Waals surface area contributed by atoms with Crippen molar-refractivity contribution in [2.24, 2.45) is 5.92 Å². The summed E-state index contributed by atoms with van der Waals surface area (Å²) in [6.45, 7) is 1.92. The number of aromatic nitrogens is 2. The van der Waals surface area contributed by atoms with Gasteiger partial charge in [-0.1, -0.05) is 24.9 Å². The third kappa shape index (κ3) is 3.50. The second-order valence-corrected chi connectivity index (χ2v) is 5.40. The highest BCUT2D eigenvalue weighted by molar-refractivity contribution is 4.99. The maximum Gasteiger partial charge on any atom is 0.391 e. The Morgan fingerprint density at radius 1 is 1.40 bits per heavy atom. The molecule has 0 bridgehead atoms. The second-order valence-electron chi connectivity index (χ2n) is 5.40. The standard InChI is InChI=1S/C13H19F3N2O2/c1-2-4-10(19)11-17-12(20-18-11)8-5-3-6-9(7-8)13(14,15)16/h8-10,19H,2-7H2,1H3. The lowest BCUT2D eigenvalue weighted by Crippen LogP contribution is -2.28. The molecule has 1 aromatic rings. The van der Waals surface area contributed by atoms with Crippen molar-refractivity contribution in [1.82, 2.24) is 10.1 Å². The molecule has 1 heterocycles. The predicted molar refractivity (Wildman–Crippen MR) is 64.9 cm³/mol. The average Bonchev–Trinajstić information content (AvgIpc) is 2.88. The van der Waals surface area contributed by atoms with Crippen LogP contribution in [0.1, 0.15) is 69.2 Å². The zero-order chi connectivity index (χ0) is 14.8. The smallest absolute Gasteiger partial charge is 0.385 e. The molecule has 2 rings (SSSR count). The number of halogens is 3. The van der Waals surface area contributed by atoms with Crippen molar-refractivity contribution in [3.8, 4) is 0 Å². The molecule has 0 spiro atoms. The number of nitrogens with zero attached hydrogens (tertiary/aromatic N) is 2. The summed E-state index contributed by atoms with van der Waals surface area (Å²) in [5.74, 6) is -1.25. The van der Waals surface area contributed by atoms with Gasteiger partial charge in [0, 0.05) is 5.92 Å². The van der Waals surface area contributed by atoms with Gasteiger partial charge in [-0.15, -0.1) is 0 Å². The van der Waals surface area contributed by atoms with Crippen LogP contribution in [-0.2, 0) is 0 Å². The van der Waals surface area contributed by atoms with E-state index in [1.54, 1.807) is 0 Å². The molecule has 1 saturated carbocycles. The van der Waals surface area contributed by atoms with Crippen LogP contribution in [0, 0.1) is 5.92 Å². The van der Waals surface area contributed by atoms with Crippen LogP contribution in [0.2, 0.25) is 0 Å². The van der Waals surface area contributed by atoms with E-state index in [0.717, 1.165) is 6.42 Å². The molecule has 114 valence electrons. The van der Waals surface area contributed by atoms with E-state index in [9.17, 15) is 18.3 Å². The molecule has 1 fully saturated rings. The molecule has 7 heteroatoms. The molecule has 0 saturated heterocycles. The zero-order valence-electron chi connectivity index (χ0n) is 11.4. The Balaban J connectivity index is 2.04. The molecule has 4 nitrogen and oxygen atoms in total. The fraction of sp³-hybridized carbons (Fsp3) is 0.846. The van der Waals surface area contributed by atoms with Crippen LogP contribution in [0.3, 0.4) is 0 Å². The number of aliphatic hydroxyl groups excluding tert-OH is 1. The molecule has 3 atom stereocenters. The second kappa shape index (κ2) is 6.11. The molecule has 1 aromatic heterocycles. The molecule has 0 aromatic carbocycles. The summed E-state index contributed by atoms with van der Waals surface area (Å²) in [6.07, 6.45) is -2.40. The van der Waals surface area contributed by atoms with Crippen LogP contribution in [0.15, 0.2) is 4.52 Å². The van der Waals surface area contributed by atoms with Crippen molar-refractivity contribution in [3.63, 3.8) is 0 Å². The van der Waals surface area contributed by atoms with E-state index in [1.807, 2.05) is 6.92 Å². The molecule has 0 radical (unpaired) electrons. The van der Waals surface area contributed by atoms with Crippen molar-refractivity contribution < 1.29 is 22.8 Å². The van der Waals surface area contributed by atoms with E-state index in [1.165, 1.54) is 0 Å². The lowest BCUT2D eigenvalue weighted by molar-refractivity contribution is -0.183. The quantitative estimate of drug-likeness (QED) is 0.918. The number of hydrogen-bond donors (Lipinski definition) is 1. The van der Waals surface area contributed by atoms with Gasteiger partial charge in [0.25, 0.3) is 0 Å². The first-order valence-corrected chi connectivity index (χ1v) is 7.00. The van der Waals surface area contributed by atoms with E-state index in [0.29, 0.717) is 19.3 Å². The Labute approximate surface area is 115 Å². The molecule has 20 heavy (non-hydrogen) atoms. The normalized spacial score (nSPS) is 25.6. The first kappa shape index (κ1) is 15.3. The fourth-order valence-electron chi connectivity index (χ4n) is 2.66. The van der Waals surface area contributed by atoms with Gasteiger partial charge in [0.15, 0.2) is 5.82 Å². The van der Waals surface area contributed by atoms with Gasteiger partial charge in [-0.2, -0.15) is 18.2 Å². The highest BCUT2D eigenvalue weighted by Crippen LogP contribution is 2.43. The monoisotopic (exact) mass is 292 g/mol. The van der Waals surface area contributed by atoms with Crippen LogP contribution in [0.4, 0.5) is 13.2 Å². The highest BCUT2D eigenvalue weighted by Gasteiger charge is 2.43. The minimum atomic E-state index is -4.16. The summed E-state index contributed by atoms with van der Waals surface area (Å²) in [5.41, 5.74) is 0. The minimum Gasteiger partial charge on any atom is -0.385 e. The van der Waals surface area contributed by atoms with Crippen molar-refractivity contribution >= 4 is 0 Å². The summed E-state index contributed by atoms with van der Waals surface area (Å²) in [4.78, 5) is 4.07. The summed E-state index contributed by atoms with van der Waals surface area (Å²) in [5, 5.41) is 13.4. The molecule has 1 N–H and O–H groups in total. The maximum atomic E-state index is 12.8. The van der Waals surface area contributed by atoms with Crippen molar-refractivity contribution in [1.29, 1.82) is 0 Å². The van der Waals surface area contributed by atoms with Gasteiger partial charge in [-0.3, -0.25) is 0 Å². The van der Waals surface area contributed by atoms with Crippen molar-refractivity contribution in [3.05, 3.63) is 11.7 Å². The molecular formula is C13H19F3N2O2. The summed E-state index contributed by atoms with van der Waals surface area (Å²) in [6, 6.07) is 0. The van der Waals surface area contributed by atoms with Crippen molar-refractivity contribution in [2.45, 2.75) is 63.6 Å². The van der Waals surface area contributed by atoms with Gasteiger partial charge >= 0.3 is 6.18 Å². The van der Waals surface area contributed by atoms with Crippen LogP contribution < -0.4 is 0 Å². The van der Waals surface area contributed by atoms with Gasteiger partial charge in [0.1, 0.15) is 6.10 Å². The fourth-order valence-corrected chi connectivity index (χ4v) is 2.66. The van der Waals surface area contributed by atoms with E-state index in [-0.39, 0.29) is 30.5 Å². The largest absolute Gasteiger partial charge is 0.391 e. The Kier molecular flexibility index (Phi) is 4.67. The third-order valence-electron chi connectivity index (χ3n) is 3.80. The Morgan fingerprint density at radius 3 is 2.80 bits per heavy atom. The highest BCUT2D eigenvalue weighted by atomic mass is 19.4. The van der Waals surface area contributed by atoms with Crippen LogP contribution in [0.5, 0.6) is 0 Å². The number of rotatable bonds is 4. The predicted octanol–water partition coefficient (Wildman–Crippen LogP) is 3.74. The van der Waals surface area contributed by atoms with Gasteiger partial charge in [0.05, 0.1) is 5.92 Å². The maximum absolute atomic E-state index is 12.8. The van der Waals surface area contributed by atoms with E-state index in [2.05, 4.69) is 10.1 Å². The van der Waals surface area contributed by atoms with Crippen molar-refractivity contribution in [2.75, 3.05) is 0 Å². The molecular weight excluding hydrogens is 273 g/mol. The van der Waals surface area contributed by atoms with Crippen LogP contribution >= 0.6 is 0 Å². The Morgan fingerprint density at radius 2 is 2.15 bits per heavy atom. The van der Waals surface area contributed by atoms with Crippen LogP contribution in [0.25, 0.3) is 0 Å². The van der Waals surface area contributed by atoms with Gasteiger partial charge in [0.2, 0.25) is 5.89 Å². The molecule has 3 unspecified atom stereocenters. The van der Waals surface area contributed by atoms with Gasteiger partial charge in [-0.25, -0.2) is 0 Å². The Hall–Kier alpha value is -1.11. The third-order valence-corrected chi connectivity index (χ3v) is 3.80. The average molecular weight is 292 g/mol. The SMILES string of the molecule is CCCC(O)c1noc(C2CCCC(C(F)(F)F)C2)n1. The summed E-state index contributed by atoms with van der Waals surface area (Å²) < 4.78 is 43.3. The first-order chi connectivity index (χ1) is 9.41. The Bertz CT molecular complexity index is 433.